The monoisotopic (exact) mass is 672 g/mol. The van der Waals surface area contributed by atoms with Crippen molar-refractivity contribution in [1.82, 2.24) is 9.97 Å². The van der Waals surface area contributed by atoms with E-state index in [-0.39, 0.29) is 0 Å². The molecule has 2 rings (SSSR count). The lowest BCUT2D eigenvalue weighted by Gasteiger charge is -2.17. The number of hydrogen-bond acceptors (Lipinski definition) is 2. The fourth-order valence-electron chi connectivity index (χ4n) is 6.85. The molecule has 2 heterocycles. The average Bonchev–Trinajstić information content (AvgIpc) is 3.07. The summed E-state index contributed by atoms with van der Waals surface area (Å²) < 4.78 is 0. The molecule has 2 aromatic heterocycles. The van der Waals surface area contributed by atoms with Crippen LogP contribution < -0.4 is 0 Å². The molecule has 0 aliphatic heterocycles. The molecule has 0 aliphatic carbocycles. The van der Waals surface area contributed by atoms with Crippen LogP contribution in [-0.4, -0.2) is 9.97 Å². The normalized spacial score (nSPS) is 11.5. The van der Waals surface area contributed by atoms with Gasteiger partial charge < -0.3 is 0 Å². The van der Waals surface area contributed by atoms with Crippen LogP contribution >= 0.6 is 23.2 Å². The van der Waals surface area contributed by atoms with Crippen molar-refractivity contribution in [3.05, 3.63) is 45.7 Å². The second kappa shape index (κ2) is 28.9. The molecule has 0 fully saturated rings. The van der Waals surface area contributed by atoms with Crippen LogP contribution in [0.5, 0.6) is 0 Å². The first-order valence-electron chi connectivity index (χ1n) is 20.0. The van der Waals surface area contributed by atoms with Crippen molar-refractivity contribution in [2.24, 2.45) is 0 Å². The van der Waals surface area contributed by atoms with Crippen LogP contribution in [0.15, 0.2) is 24.4 Å². The number of pyridine rings is 2. The number of hydrogen-bond donors (Lipinski definition) is 0. The van der Waals surface area contributed by atoms with Crippen LogP contribution in [0, 0.1) is 0 Å². The zero-order valence-electron chi connectivity index (χ0n) is 30.2. The average molecular weight is 674 g/mol. The molecule has 0 N–H and O–H groups in total. The topological polar surface area (TPSA) is 25.8 Å². The Bertz CT molecular complexity index is 977. The Morgan fingerprint density at radius 1 is 0.457 bits per heavy atom. The second-order valence-corrected chi connectivity index (χ2v) is 14.7. The van der Waals surface area contributed by atoms with E-state index in [0.29, 0.717) is 10.2 Å². The maximum absolute atomic E-state index is 6.87. The van der Waals surface area contributed by atoms with Crippen LogP contribution in [0.25, 0.3) is 11.4 Å². The summed E-state index contributed by atoms with van der Waals surface area (Å²) >= 11 is 13.5. The molecule has 0 unspecified atom stereocenters. The Morgan fingerprint density at radius 2 is 0.826 bits per heavy atom. The highest BCUT2D eigenvalue weighted by Gasteiger charge is 2.19. The highest BCUT2D eigenvalue weighted by Crippen LogP contribution is 2.35. The lowest BCUT2D eigenvalue weighted by atomic mass is 9.94. The lowest BCUT2D eigenvalue weighted by Crippen LogP contribution is -2.04. The maximum Gasteiger partial charge on any atom is 0.148 e. The van der Waals surface area contributed by atoms with E-state index in [4.69, 9.17) is 28.2 Å². The summed E-state index contributed by atoms with van der Waals surface area (Å²) in [5.41, 5.74) is 4.34. The van der Waals surface area contributed by atoms with Crippen molar-refractivity contribution in [1.29, 1.82) is 0 Å². The minimum absolute atomic E-state index is 0.424. The number of aromatic nitrogens is 2. The molecule has 2 nitrogen and oxygen atoms in total. The van der Waals surface area contributed by atoms with Gasteiger partial charge in [-0.25, -0.2) is 4.98 Å². The van der Waals surface area contributed by atoms with E-state index in [9.17, 15) is 0 Å². The van der Waals surface area contributed by atoms with Crippen LogP contribution in [0.2, 0.25) is 10.2 Å². The molecule has 0 amide bonds. The third kappa shape index (κ3) is 19.0. The molecule has 0 radical (unpaired) electrons. The van der Waals surface area contributed by atoms with Gasteiger partial charge in [0.25, 0.3) is 0 Å². The first-order valence-corrected chi connectivity index (χ1v) is 20.7. The largest absolute Gasteiger partial charge is 0.255 e. The van der Waals surface area contributed by atoms with Gasteiger partial charge in [-0.2, -0.15) is 0 Å². The summed E-state index contributed by atoms with van der Waals surface area (Å²) in [4.78, 5) is 9.43. The minimum Gasteiger partial charge on any atom is -0.255 e. The highest BCUT2D eigenvalue weighted by atomic mass is 35.5. The van der Waals surface area contributed by atoms with Gasteiger partial charge in [-0.05, 0) is 48.9 Å². The van der Waals surface area contributed by atoms with Crippen molar-refractivity contribution >= 4 is 23.2 Å². The lowest BCUT2D eigenvalue weighted by molar-refractivity contribution is 0.534. The second-order valence-electron chi connectivity index (χ2n) is 13.9. The van der Waals surface area contributed by atoms with Gasteiger partial charge in [0, 0.05) is 6.20 Å². The van der Waals surface area contributed by atoms with E-state index in [1.807, 2.05) is 18.3 Å². The summed E-state index contributed by atoms with van der Waals surface area (Å²) in [5.74, 6) is 0. The molecule has 262 valence electrons. The summed E-state index contributed by atoms with van der Waals surface area (Å²) in [6, 6.07) is 6.05. The Morgan fingerprint density at radius 3 is 1.20 bits per heavy atom. The summed E-state index contributed by atoms with van der Waals surface area (Å²) in [6.07, 6.45) is 42.2. The molecule has 0 spiro atoms. The van der Waals surface area contributed by atoms with E-state index < -0.39 is 0 Å². The molecule has 0 saturated heterocycles. The van der Waals surface area contributed by atoms with Crippen molar-refractivity contribution < 1.29 is 0 Å². The molecule has 0 saturated carbocycles. The van der Waals surface area contributed by atoms with Crippen molar-refractivity contribution in [2.75, 3.05) is 0 Å². The predicted molar refractivity (Wildman–Crippen MR) is 206 cm³/mol. The van der Waals surface area contributed by atoms with Crippen molar-refractivity contribution in [3.8, 4) is 11.4 Å². The predicted octanol–water partition coefficient (Wildman–Crippen LogP) is 15.5. The molecule has 2 aromatic rings. The van der Waals surface area contributed by atoms with Crippen molar-refractivity contribution in [2.45, 2.75) is 206 Å². The van der Waals surface area contributed by atoms with Crippen LogP contribution in [-0.2, 0) is 12.8 Å². The maximum atomic E-state index is 6.87. The van der Waals surface area contributed by atoms with E-state index in [1.54, 1.807) is 0 Å². The van der Waals surface area contributed by atoms with Crippen LogP contribution in [0.3, 0.4) is 0 Å². The third-order valence-electron chi connectivity index (χ3n) is 9.77. The molecular weight excluding hydrogens is 603 g/mol. The quantitative estimate of drug-likeness (QED) is 0.0588. The van der Waals surface area contributed by atoms with Gasteiger partial charge in [0.2, 0.25) is 0 Å². The van der Waals surface area contributed by atoms with E-state index in [2.05, 4.69) is 24.9 Å². The van der Waals surface area contributed by atoms with Crippen molar-refractivity contribution in [3.63, 3.8) is 0 Å². The summed E-state index contributed by atoms with van der Waals surface area (Å²) in [6.45, 7) is 4.59. The molecule has 4 heteroatoms. The number of halogens is 2. The Balaban J connectivity index is 1.73. The highest BCUT2D eigenvalue weighted by molar-refractivity contribution is 6.41. The van der Waals surface area contributed by atoms with Gasteiger partial charge in [-0.15, -0.1) is 0 Å². The molecular formula is C42H70Cl2N2. The standard InChI is InChI=1S/C42H70Cl2N2/c1-3-5-7-9-11-13-15-17-19-21-23-25-27-29-33-37-38(41(46-42(44)40(37)43)39-35-31-32-36-45-39)34-30-28-26-24-22-20-18-16-14-12-10-8-6-4-2/h31-32,35-36H,3-30,33-34H2,1-2H3. The summed E-state index contributed by atoms with van der Waals surface area (Å²) in [5, 5.41) is 1.09. The number of nitrogens with zero attached hydrogens (tertiary/aromatic N) is 2. The van der Waals surface area contributed by atoms with Gasteiger partial charge in [0.1, 0.15) is 5.15 Å². The van der Waals surface area contributed by atoms with Gasteiger partial charge in [-0.1, -0.05) is 210 Å². The van der Waals surface area contributed by atoms with Crippen LogP contribution in [0.4, 0.5) is 0 Å². The SMILES string of the molecule is CCCCCCCCCCCCCCCCc1c(-c2ccccn2)nc(Cl)c(Cl)c1CCCCCCCCCCCCCCCC. The molecule has 0 aliphatic rings. The molecule has 0 bridgehead atoms. The Kier molecular flexibility index (Phi) is 25.7. The van der Waals surface area contributed by atoms with E-state index >= 15 is 0 Å². The fraction of sp³-hybridized carbons (Fsp3) is 0.762. The molecule has 0 atom stereocenters. The Labute approximate surface area is 295 Å². The third-order valence-corrected chi connectivity index (χ3v) is 10.6. The number of rotatable bonds is 31. The van der Waals surface area contributed by atoms with Gasteiger partial charge >= 0.3 is 0 Å². The smallest absolute Gasteiger partial charge is 0.148 e. The van der Waals surface area contributed by atoms with Crippen LogP contribution in [0.1, 0.15) is 205 Å². The molecule has 0 aromatic carbocycles. The Hall–Kier alpha value is -1.12. The zero-order chi connectivity index (χ0) is 32.9. The number of unbranched alkanes of at least 4 members (excludes halogenated alkanes) is 26. The van der Waals surface area contributed by atoms with E-state index in [0.717, 1.165) is 30.7 Å². The van der Waals surface area contributed by atoms with Gasteiger partial charge in [-0.3, -0.25) is 4.98 Å². The van der Waals surface area contributed by atoms with E-state index in [1.165, 1.54) is 184 Å². The first kappa shape index (κ1) is 41.1. The van der Waals surface area contributed by atoms with Gasteiger partial charge in [0.15, 0.2) is 0 Å². The summed E-state index contributed by atoms with van der Waals surface area (Å²) in [7, 11) is 0. The fourth-order valence-corrected chi connectivity index (χ4v) is 7.30. The zero-order valence-corrected chi connectivity index (χ0v) is 31.7. The molecule has 46 heavy (non-hydrogen) atoms. The minimum atomic E-state index is 0.424. The van der Waals surface area contributed by atoms with Gasteiger partial charge in [0.05, 0.1) is 16.4 Å². The first-order chi connectivity index (χ1) is 22.7.